The van der Waals surface area contributed by atoms with E-state index in [0.29, 0.717) is 30.1 Å². The van der Waals surface area contributed by atoms with Gasteiger partial charge in [-0.15, -0.1) is 0 Å². The second kappa shape index (κ2) is 9.72. The molecule has 3 aromatic rings. The Balaban J connectivity index is 1.51. The van der Waals surface area contributed by atoms with Gasteiger partial charge in [0.15, 0.2) is 23.3 Å². The van der Waals surface area contributed by atoms with Crippen molar-refractivity contribution >= 4 is 11.9 Å². The molecule has 0 amide bonds. The van der Waals surface area contributed by atoms with Gasteiger partial charge >= 0.3 is 0 Å². The van der Waals surface area contributed by atoms with Crippen LogP contribution in [0.25, 0.3) is 11.8 Å². The van der Waals surface area contributed by atoms with Crippen LogP contribution in [0.5, 0.6) is 5.75 Å². The maximum Gasteiger partial charge on any atom is 0.194 e. The summed E-state index contributed by atoms with van der Waals surface area (Å²) in [6.45, 7) is 4.42. The van der Waals surface area contributed by atoms with Crippen molar-refractivity contribution in [3.63, 3.8) is 0 Å². The van der Waals surface area contributed by atoms with E-state index in [9.17, 15) is 13.2 Å². The van der Waals surface area contributed by atoms with E-state index in [4.69, 9.17) is 9.57 Å². The second-order valence-corrected chi connectivity index (χ2v) is 9.20. The van der Waals surface area contributed by atoms with E-state index in [1.165, 1.54) is 0 Å². The fourth-order valence-corrected chi connectivity index (χ4v) is 4.85. The smallest absolute Gasteiger partial charge is 0.194 e. The number of fused-ring (bicyclic) bond motifs is 1. The highest BCUT2D eigenvalue weighted by atomic mass is 19.2. The minimum Gasteiger partial charge on any atom is -0.495 e. The van der Waals surface area contributed by atoms with Crippen molar-refractivity contribution in [2.45, 2.75) is 45.3 Å². The van der Waals surface area contributed by atoms with E-state index in [0.717, 1.165) is 47.5 Å². The molecule has 0 N–H and O–H groups in total. The number of methoxy groups -OCH3 is 1. The van der Waals surface area contributed by atoms with Crippen LogP contribution < -0.4 is 4.74 Å². The summed E-state index contributed by atoms with van der Waals surface area (Å²) in [6, 6.07) is 7.63. The average molecular weight is 497 g/mol. The van der Waals surface area contributed by atoms with Gasteiger partial charge in [0.05, 0.1) is 30.9 Å². The van der Waals surface area contributed by atoms with Gasteiger partial charge in [0, 0.05) is 19.2 Å². The first-order valence-electron chi connectivity index (χ1n) is 11.9. The topological polar surface area (TPSA) is 51.9 Å². The summed E-state index contributed by atoms with van der Waals surface area (Å²) in [4.78, 5) is 12.0. The average Bonchev–Trinajstić information content (AvgIpc) is 3.22. The van der Waals surface area contributed by atoms with Crippen LogP contribution in [-0.2, 0) is 4.84 Å². The zero-order chi connectivity index (χ0) is 25.4. The van der Waals surface area contributed by atoms with E-state index < -0.39 is 23.5 Å². The summed E-state index contributed by atoms with van der Waals surface area (Å²) in [5.74, 6) is -2.55. The first-order chi connectivity index (χ1) is 17.3. The van der Waals surface area contributed by atoms with Gasteiger partial charge in [-0.1, -0.05) is 11.2 Å². The molecular weight excluding hydrogens is 469 g/mol. The first-order valence-corrected chi connectivity index (χ1v) is 11.9. The number of benzene rings is 2. The van der Waals surface area contributed by atoms with Crippen LogP contribution in [-0.4, -0.2) is 40.0 Å². The van der Waals surface area contributed by atoms with Gasteiger partial charge in [-0.2, -0.15) is 0 Å². The molecular formula is C27H27F3N4O2. The summed E-state index contributed by atoms with van der Waals surface area (Å²) in [7, 11) is 1.62. The summed E-state index contributed by atoms with van der Waals surface area (Å²) in [6.07, 6.45) is 7.45. The van der Waals surface area contributed by atoms with E-state index in [1.54, 1.807) is 13.4 Å². The fraction of sp³-hybridized carbons (Fsp3) is 0.333. The molecule has 5 rings (SSSR count). The number of ether oxygens (including phenoxy) is 1. The van der Waals surface area contributed by atoms with E-state index in [2.05, 4.69) is 10.1 Å². The summed E-state index contributed by atoms with van der Waals surface area (Å²) >= 11 is 0. The van der Waals surface area contributed by atoms with Crippen molar-refractivity contribution in [2.24, 2.45) is 5.16 Å². The van der Waals surface area contributed by atoms with Crippen LogP contribution in [0.2, 0.25) is 0 Å². The predicted octanol–water partition coefficient (Wildman–Crippen LogP) is 5.95. The third kappa shape index (κ3) is 4.57. The molecule has 36 heavy (non-hydrogen) atoms. The molecule has 1 saturated heterocycles. The first kappa shape index (κ1) is 24.0. The van der Waals surface area contributed by atoms with E-state index >= 15 is 0 Å². The molecule has 2 aliphatic heterocycles. The Hall–Kier alpha value is -3.75. The minimum absolute atomic E-state index is 0.288. The predicted molar refractivity (Wildman–Crippen MR) is 130 cm³/mol. The van der Waals surface area contributed by atoms with Crippen LogP contribution in [0.3, 0.4) is 0 Å². The lowest BCUT2D eigenvalue weighted by molar-refractivity contribution is 0.0642. The van der Waals surface area contributed by atoms with Crippen LogP contribution in [0.1, 0.15) is 49.0 Å². The second-order valence-electron chi connectivity index (χ2n) is 9.20. The van der Waals surface area contributed by atoms with Gasteiger partial charge < -0.3 is 19.0 Å². The van der Waals surface area contributed by atoms with Gasteiger partial charge in [-0.05, 0) is 73.7 Å². The number of rotatable bonds is 4. The highest BCUT2D eigenvalue weighted by molar-refractivity contribution is 6.02. The molecule has 1 fully saturated rings. The molecule has 188 valence electrons. The number of oxime groups is 1. The number of imidazole rings is 1. The fourth-order valence-electron chi connectivity index (χ4n) is 4.85. The minimum atomic E-state index is -1.46. The summed E-state index contributed by atoms with van der Waals surface area (Å²) < 4.78 is 49.4. The van der Waals surface area contributed by atoms with Crippen molar-refractivity contribution in [1.82, 2.24) is 14.5 Å². The number of amidine groups is 1. The molecule has 3 heterocycles. The van der Waals surface area contributed by atoms with Crippen molar-refractivity contribution in [3.8, 4) is 11.4 Å². The molecule has 1 aromatic heterocycles. The molecule has 0 aliphatic carbocycles. The molecule has 6 nitrogen and oxygen atoms in total. The van der Waals surface area contributed by atoms with Gasteiger partial charge in [-0.25, -0.2) is 18.2 Å². The molecule has 2 atom stereocenters. The zero-order valence-electron chi connectivity index (χ0n) is 20.3. The van der Waals surface area contributed by atoms with Crippen molar-refractivity contribution in [3.05, 3.63) is 82.7 Å². The highest BCUT2D eigenvalue weighted by Gasteiger charge is 2.34. The lowest BCUT2D eigenvalue weighted by Gasteiger charge is -2.37. The Kier molecular flexibility index (Phi) is 6.47. The van der Waals surface area contributed by atoms with Crippen molar-refractivity contribution < 1.29 is 22.7 Å². The van der Waals surface area contributed by atoms with E-state index in [1.807, 2.05) is 53.8 Å². The monoisotopic (exact) mass is 496 g/mol. The zero-order valence-corrected chi connectivity index (χ0v) is 20.3. The van der Waals surface area contributed by atoms with Gasteiger partial charge in [0.2, 0.25) is 0 Å². The van der Waals surface area contributed by atoms with Crippen LogP contribution >= 0.6 is 0 Å². The van der Waals surface area contributed by atoms with E-state index in [-0.39, 0.29) is 6.10 Å². The maximum absolute atomic E-state index is 14.1. The number of aromatic nitrogens is 2. The molecule has 1 unspecified atom stereocenters. The lowest BCUT2D eigenvalue weighted by Crippen LogP contribution is -2.39. The van der Waals surface area contributed by atoms with Crippen LogP contribution in [0.15, 0.2) is 53.6 Å². The standard InChI is InChI=1S/C27H27F3N4O2/c1-16-14-33(15-31-16)23-7-6-18(11-25(23)35-3)10-19-5-4-8-34-24(9-17(2)36-32-27(19)34)20-12-21(28)26(30)22(29)13-20/h6-7,10-15,17,24H,4-5,8-9H2,1-3H3/t17?,24-/m1/s1. The van der Waals surface area contributed by atoms with Gasteiger partial charge in [-0.3, -0.25) is 0 Å². The quantitative estimate of drug-likeness (QED) is 0.419. The number of nitrogens with zero attached hydrogens (tertiary/aromatic N) is 4. The molecule has 0 saturated carbocycles. The summed E-state index contributed by atoms with van der Waals surface area (Å²) in [5.41, 5.74) is 3.99. The molecule has 2 aromatic carbocycles. The summed E-state index contributed by atoms with van der Waals surface area (Å²) in [5, 5.41) is 4.42. The molecule has 0 bridgehead atoms. The Bertz CT molecular complexity index is 1330. The number of hydrogen-bond donors (Lipinski definition) is 0. The normalized spacial score (nSPS) is 21.0. The SMILES string of the molecule is COc1cc(C=C2CCCN3C2=NOC(C)C[C@@H]3c2cc(F)c(F)c(F)c2)ccc1-n1cnc(C)c1. The lowest BCUT2D eigenvalue weighted by atomic mass is 9.93. The molecule has 2 aliphatic rings. The number of aryl methyl sites for hydroxylation is 1. The molecule has 0 radical (unpaired) electrons. The van der Waals surface area contributed by atoms with Crippen LogP contribution in [0.4, 0.5) is 13.2 Å². The Morgan fingerprint density at radius 1 is 1.14 bits per heavy atom. The highest BCUT2D eigenvalue weighted by Crippen LogP contribution is 2.36. The maximum atomic E-state index is 14.1. The number of hydrogen-bond acceptors (Lipinski definition) is 5. The van der Waals surface area contributed by atoms with Crippen molar-refractivity contribution in [1.29, 1.82) is 0 Å². The third-order valence-corrected chi connectivity index (χ3v) is 6.58. The Labute approximate surface area is 207 Å². The Morgan fingerprint density at radius 2 is 1.92 bits per heavy atom. The third-order valence-electron chi connectivity index (χ3n) is 6.58. The number of halogens is 3. The van der Waals surface area contributed by atoms with Crippen molar-refractivity contribution in [2.75, 3.05) is 13.7 Å². The van der Waals surface area contributed by atoms with Gasteiger partial charge in [0.25, 0.3) is 0 Å². The van der Waals surface area contributed by atoms with Crippen LogP contribution in [0, 0.1) is 24.4 Å². The largest absolute Gasteiger partial charge is 0.495 e. The van der Waals surface area contributed by atoms with Gasteiger partial charge in [0.1, 0.15) is 11.9 Å². The number of piperidine rings is 1. The molecule has 0 spiro atoms. The Morgan fingerprint density at radius 3 is 2.61 bits per heavy atom. The molecule has 9 heteroatoms.